The van der Waals surface area contributed by atoms with E-state index >= 15 is 0 Å². The van der Waals surface area contributed by atoms with Crippen LogP contribution in [0.1, 0.15) is 0 Å². The normalized spacial score (nSPS) is 8.60. The van der Waals surface area contributed by atoms with Gasteiger partial charge in [0.1, 0.15) is 5.69 Å². The van der Waals surface area contributed by atoms with Crippen LogP contribution >= 0.6 is 0 Å². The molecule has 0 saturated carbocycles. The highest BCUT2D eigenvalue weighted by Gasteiger charge is 2.07. The maximum Gasteiger partial charge on any atom is 0.292 e. The lowest BCUT2D eigenvalue weighted by Crippen LogP contribution is -1.93. The minimum atomic E-state index is -0.505. The number of aromatic nitrogens is 5. The Morgan fingerprint density at radius 1 is 1.15 bits per heavy atom. The minimum Gasteiger partial charge on any atom is -0.393 e. The third kappa shape index (κ3) is 5.91. The predicted octanol–water partition coefficient (Wildman–Crippen LogP) is 1.39. The molecule has 104 valence electrons. The van der Waals surface area contributed by atoms with E-state index in [-0.39, 0.29) is 11.4 Å². The molecule has 2 aromatic heterocycles. The number of imidazole rings is 1. The molecule has 0 atom stereocenters. The van der Waals surface area contributed by atoms with Crippen molar-refractivity contribution in [3.05, 3.63) is 65.5 Å². The molecule has 4 N–H and O–H groups in total. The predicted molar refractivity (Wildman–Crippen MR) is 72.5 cm³/mol. The zero-order valence-electron chi connectivity index (χ0n) is 10.4. The van der Waals surface area contributed by atoms with Gasteiger partial charge < -0.3 is 10.7 Å². The van der Waals surface area contributed by atoms with E-state index in [9.17, 15) is 10.1 Å². The molecule has 0 spiro atoms. The average molecular weight is 275 g/mol. The molecule has 0 fully saturated rings. The van der Waals surface area contributed by atoms with Crippen molar-refractivity contribution in [2.24, 2.45) is 0 Å². The van der Waals surface area contributed by atoms with Crippen molar-refractivity contribution in [3.8, 4) is 0 Å². The van der Waals surface area contributed by atoms with Crippen molar-refractivity contribution in [1.29, 1.82) is 0 Å². The van der Waals surface area contributed by atoms with Gasteiger partial charge in [-0.25, -0.2) is 4.98 Å². The number of rotatable bonds is 1. The zero-order valence-corrected chi connectivity index (χ0v) is 10.4. The van der Waals surface area contributed by atoms with Crippen LogP contribution in [0.4, 0.5) is 11.4 Å². The van der Waals surface area contributed by atoms with Gasteiger partial charge in [0.15, 0.2) is 0 Å². The van der Waals surface area contributed by atoms with Gasteiger partial charge in [0.05, 0.1) is 23.6 Å². The number of aromatic amines is 2. The molecular weight excluding hydrogens is 262 g/mol. The monoisotopic (exact) mass is 275 g/mol. The van der Waals surface area contributed by atoms with Crippen molar-refractivity contribution < 1.29 is 4.92 Å². The molecule has 9 nitrogen and oxygen atoms in total. The number of nitro groups is 1. The fourth-order valence-electron chi connectivity index (χ4n) is 1.04. The van der Waals surface area contributed by atoms with E-state index in [0.29, 0.717) is 0 Å². The number of nitro benzene ring substituents is 1. The van der Waals surface area contributed by atoms with Crippen LogP contribution in [-0.4, -0.2) is 30.3 Å². The smallest absolute Gasteiger partial charge is 0.292 e. The summed E-state index contributed by atoms with van der Waals surface area (Å²) < 4.78 is 0. The third-order valence-electron chi connectivity index (χ3n) is 1.87. The first kappa shape index (κ1) is 14.8. The maximum absolute atomic E-state index is 10.1. The molecular formula is C11H13N7O2. The van der Waals surface area contributed by atoms with Crippen molar-refractivity contribution >= 4 is 11.4 Å². The van der Waals surface area contributed by atoms with Gasteiger partial charge >= 0.3 is 0 Å². The van der Waals surface area contributed by atoms with Gasteiger partial charge in [0.25, 0.3) is 5.69 Å². The van der Waals surface area contributed by atoms with E-state index in [0.717, 1.165) is 0 Å². The van der Waals surface area contributed by atoms with Gasteiger partial charge in [-0.3, -0.25) is 10.1 Å². The standard InChI is InChI=1S/C6H6N2O2.C3H4N2.C2H3N3/c7-5-3-1-2-4-6(5)8(9)10;1-2-5-3-4-1;1-2-4-5-3-1/h1-4H,7H2;1-3H,(H,4,5);1-2H,(H,3,4,5). The minimum absolute atomic E-state index is 0.0394. The van der Waals surface area contributed by atoms with Gasteiger partial charge in [-0.05, 0) is 6.07 Å². The molecule has 20 heavy (non-hydrogen) atoms. The number of anilines is 1. The topological polar surface area (TPSA) is 139 Å². The van der Waals surface area contributed by atoms with Crippen molar-refractivity contribution in [2.75, 3.05) is 5.73 Å². The first-order chi connectivity index (χ1) is 9.72. The Morgan fingerprint density at radius 2 is 1.85 bits per heavy atom. The van der Waals surface area contributed by atoms with Gasteiger partial charge in [-0.15, -0.1) is 0 Å². The summed E-state index contributed by atoms with van der Waals surface area (Å²) in [4.78, 5) is 16.1. The first-order valence-electron chi connectivity index (χ1n) is 5.43. The average Bonchev–Trinajstić information content (AvgIpc) is 3.18. The highest BCUT2D eigenvalue weighted by molar-refractivity contribution is 5.57. The van der Waals surface area contributed by atoms with E-state index in [4.69, 9.17) is 5.73 Å². The molecule has 0 amide bonds. The third-order valence-corrected chi connectivity index (χ3v) is 1.87. The van der Waals surface area contributed by atoms with Crippen LogP contribution in [0.15, 0.2) is 55.4 Å². The molecule has 1 aromatic carbocycles. The largest absolute Gasteiger partial charge is 0.393 e. The Kier molecular flexibility index (Phi) is 6.53. The molecule has 0 radical (unpaired) electrons. The van der Waals surface area contributed by atoms with Crippen LogP contribution in [0.2, 0.25) is 0 Å². The lowest BCUT2D eigenvalue weighted by atomic mass is 10.3. The molecule has 9 heteroatoms. The van der Waals surface area contributed by atoms with Gasteiger partial charge in [0.2, 0.25) is 0 Å². The Labute approximate surface area is 114 Å². The number of nitrogen functional groups attached to an aromatic ring is 1. The van der Waals surface area contributed by atoms with Crippen LogP contribution < -0.4 is 5.73 Å². The lowest BCUT2D eigenvalue weighted by Gasteiger charge is -1.92. The summed E-state index contributed by atoms with van der Waals surface area (Å²) in [6.45, 7) is 0. The van der Waals surface area contributed by atoms with Crippen molar-refractivity contribution in [2.45, 2.75) is 0 Å². The van der Waals surface area contributed by atoms with Crippen LogP contribution in [0.3, 0.4) is 0 Å². The summed E-state index contributed by atoms with van der Waals surface area (Å²) >= 11 is 0. The second kappa shape index (κ2) is 8.80. The fourth-order valence-corrected chi connectivity index (χ4v) is 1.04. The Bertz CT molecular complexity index is 520. The van der Waals surface area contributed by atoms with Crippen molar-refractivity contribution in [3.63, 3.8) is 0 Å². The number of H-pyrrole nitrogens is 2. The molecule has 3 rings (SSSR count). The van der Waals surface area contributed by atoms with Gasteiger partial charge in [-0.1, -0.05) is 12.1 Å². The van der Waals surface area contributed by atoms with Crippen LogP contribution in [0.5, 0.6) is 0 Å². The Morgan fingerprint density at radius 3 is 2.15 bits per heavy atom. The summed E-state index contributed by atoms with van der Waals surface area (Å²) in [6.07, 6.45) is 8.25. The number of nitrogens with one attached hydrogen (secondary N) is 2. The van der Waals surface area contributed by atoms with E-state index in [1.807, 2.05) is 0 Å². The second-order valence-electron chi connectivity index (χ2n) is 3.23. The van der Waals surface area contributed by atoms with E-state index < -0.39 is 4.92 Å². The summed E-state index contributed by atoms with van der Waals surface area (Å²) in [6, 6.07) is 6.10. The fraction of sp³-hybridized carbons (Fsp3) is 0. The lowest BCUT2D eigenvalue weighted by molar-refractivity contribution is -0.383. The van der Waals surface area contributed by atoms with Crippen LogP contribution in [0, 0.1) is 10.1 Å². The molecule has 0 saturated heterocycles. The highest BCUT2D eigenvalue weighted by Crippen LogP contribution is 2.18. The number of hydrogen-bond donors (Lipinski definition) is 3. The summed E-state index contributed by atoms with van der Waals surface area (Å²) in [5.41, 5.74) is 5.44. The Hall–Kier alpha value is -3.23. The first-order valence-corrected chi connectivity index (χ1v) is 5.43. The number of hydrogen-bond acceptors (Lipinski definition) is 6. The highest BCUT2D eigenvalue weighted by atomic mass is 16.6. The molecule has 0 aliphatic rings. The van der Waals surface area contributed by atoms with Crippen LogP contribution in [0.25, 0.3) is 0 Å². The Balaban J connectivity index is 0.000000167. The molecule has 0 unspecified atom stereocenters. The SMILES string of the molecule is Nc1ccccc1[N+](=O)[O-].c1c[nH]cn1.c1cn[nH]n1. The van der Waals surface area contributed by atoms with E-state index in [1.54, 1.807) is 43.2 Å². The number of para-hydroxylation sites is 2. The second-order valence-corrected chi connectivity index (χ2v) is 3.23. The maximum atomic E-state index is 10.1. The molecule has 0 aliphatic heterocycles. The summed E-state index contributed by atoms with van der Waals surface area (Å²) in [7, 11) is 0. The van der Waals surface area contributed by atoms with E-state index in [2.05, 4.69) is 25.4 Å². The van der Waals surface area contributed by atoms with Gasteiger partial charge in [-0.2, -0.15) is 15.4 Å². The molecule has 2 heterocycles. The zero-order chi connectivity index (χ0) is 14.6. The molecule has 0 aliphatic carbocycles. The number of nitrogens with zero attached hydrogens (tertiary/aromatic N) is 4. The summed E-state index contributed by atoms with van der Waals surface area (Å²) in [5.74, 6) is 0. The molecule has 0 bridgehead atoms. The van der Waals surface area contributed by atoms with Crippen molar-refractivity contribution in [1.82, 2.24) is 25.4 Å². The molecule has 3 aromatic rings. The number of benzene rings is 1. The van der Waals surface area contributed by atoms with E-state index in [1.165, 1.54) is 12.1 Å². The number of nitrogens with two attached hydrogens (primary N) is 1. The van der Waals surface area contributed by atoms with Gasteiger partial charge in [0, 0.05) is 18.5 Å². The van der Waals surface area contributed by atoms with Crippen LogP contribution in [-0.2, 0) is 0 Å². The quantitative estimate of drug-likeness (QED) is 0.348. The summed E-state index contributed by atoms with van der Waals surface area (Å²) in [5, 5.41) is 19.5.